The highest BCUT2D eigenvalue weighted by Gasteiger charge is 2.09. The van der Waals surface area contributed by atoms with Gasteiger partial charge in [-0.2, -0.15) is 11.8 Å². The van der Waals surface area contributed by atoms with Crippen molar-refractivity contribution in [3.8, 4) is 0 Å². The quantitative estimate of drug-likeness (QED) is 0.707. The van der Waals surface area contributed by atoms with E-state index in [9.17, 15) is 0 Å². The van der Waals surface area contributed by atoms with E-state index >= 15 is 0 Å². The van der Waals surface area contributed by atoms with Crippen LogP contribution in [0.2, 0.25) is 0 Å². The average molecular weight is 238 g/mol. The van der Waals surface area contributed by atoms with Crippen molar-refractivity contribution in [2.75, 3.05) is 23.5 Å². The molecule has 0 aliphatic heterocycles. The van der Waals surface area contributed by atoms with Gasteiger partial charge in [0.25, 0.3) is 0 Å². The molecule has 16 heavy (non-hydrogen) atoms. The maximum Gasteiger partial charge on any atom is 0.0399 e. The Kier molecular flexibility index (Phi) is 5.67. The molecule has 0 amide bonds. The number of thioether (sulfide) groups is 1. The summed E-state index contributed by atoms with van der Waals surface area (Å²) in [6.07, 6.45) is 3.12. The van der Waals surface area contributed by atoms with E-state index in [4.69, 9.17) is 0 Å². The maximum absolute atomic E-state index is 4.23. The standard InChI is InChI=1S/C13H22N2S/c1-5-16-9-7-12(3)15(4)13-6-8-14-11(2)10-13/h6,8,10,12H,5,7,9H2,1-4H3. The monoisotopic (exact) mass is 238 g/mol. The van der Waals surface area contributed by atoms with E-state index in [0.29, 0.717) is 6.04 Å². The molecule has 1 heterocycles. The van der Waals surface area contributed by atoms with Gasteiger partial charge in [-0.15, -0.1) is 0 Å². The molecule has 0 aliphatic rings. The summed E-state index contributed by atoms with van der Waals surface area (Å²) in [7, 11) is 2.16. The summed E-state index contributed by atoms with van der Waals surface area (Å²) in [5.74, 6) is 2.46. The molecule has 1 atom stereocenters. The van der Waals surface area contributed by atoms with Crippen LogP contribution in [0.15, 0.2) is 18.3 Å². The first-order valence-corrected chi connectivity index (χ1v) is 7.03. The van der Waals surface area contributed by atoms with Crippen LogP contribution in [0.25, 0.3) is 0 Å². The first-order chi connectivity index (χ1) is 7.65. The van der Waals surface area contributed by atoms with Crippen molar-refractivity contribution in [1.82, 2.24) is 4.98 Å². The molecule has 90 valence electrons. The molecule has 1 aromatic rings. The molecule has 3 heteroatoms. The van der Waals surface area contributed by atoms with E-state index < -0.39 is 0 Å². The van der Waals surface area contributed by atoms with Crippen molar-refractivity contribution in [2.45, 2.75) is 33.2 Å². The second kappa shape index (κ2) is 6.79. The van der Waals surface area contributed by atoms with Crippen molar-refractivity contribution >= 4 is 17.4 Å². The lowest BCUT2D eigenvalue weighted by Gasteiger charge is -2.27. The Morgan fingerprint density at radius 1 is 1.50 bits per heavy atom. The van der Waals surface area contributed by atoms with E-state index in [0.717, 1.165) is 5.69 Å². The molecule has 0 aliphatic carbocycles. The average Bonchev–Trinajstić information content (AvgIpc) is 2.28. The Morgan fingerprint density at radius 3 is 2.88 bits per heavy atom. The lowest BCUT2D eigenvalue weighted by atomic mass is 10.2. The largest absolute Gasteiger partial charge is 0.372 e. The van der Waals surface area contributed by atoms with E-state index in [2.05, 4.69) is 42.9 Å². The summed E-state index contributed by atoms with van der Waals surface area (Å²) in [6, 6.07) is 4.81. The number of aryl methyl sites for hydroxylation is 1. The van der Waals surface area contributed by atoms with Crippen molar-refractivity contribution in [1.29, 1.82) is 0 Å². The third kappa shape index (κ3) is 4.05. The maximum atomic E-state index is 4.23. The van der Waals surface area contributed by atoms with Gasteiger partial charge < -0.3 is 4.90 Å². The van der Waals surface area contributed by atoms with Crippen molar-refractivity contribution < 1.29 is 0 Å². The van der Waals surface area contributed by atoms with Crippen molar-refractivity contribution in [3.05, 3.63) is 24.0 Å². The molecule has 0 radical (unpaired) electrons. The number of pyridine rings is 1. The van der Waals surface area contributed by atoms with Crippen LogP contribution in [-0.2, 0) is 0 Å². The Morgan fingerprint density at radius 2 is 2.25 bits per heavy atom. The van der Waals surface area contributed by atoms with Crippen LogP contribution < -0.4 is 4.90 Å². The normalized spacial score (nSPS) is 12.5. The Bertz CT molecular complexity index is 315. The van der Waals surface area contributed by atoms with Crippen LogP contribution in [0.3, 0.4) is 0 Å². The molecule has 1 aromatic heterocycles. The molecule has 0 N–H and O–H groups in total. The summed E-state index contributed by atoms with van der Waals surface area (Å²) >= 11 is 2.01. The smallest absolute Gasteiger partial charge is 0.0399 e. The molecular formula is C13H22N2S. The van der Waals surface area contributed by atoms with Gasteiger partial charge in [0, 0.05) is 30.7 Å². The molecule has 0 spiro atoms. The first kappa shape index (κ1) is 13.4. The molecule has 0 saturated carbocycles. The van der Waals surface area contributed by atoms with E-state index in [1.165, 1.54) is 23.6 Å². The number of nitrogens with zero attached hydrogens (tertiary/aromatic N) is 2. The third-order valence-electron chi connectivity index (χ3n) is 2.83. The number of hydrogen-bond acceptors (Lipinski definition) is 3. The minimum Gasteiger partial charge on any atom is -0.372 e. The van der Waals surface area contributed by atoms with Gasteiger partial charge in [0.05, 0.1) is 0 Å². The van der Waals surface area contributed by atoms with Crippen LogP contribution in [-0.4, -0.2) is 29.6 Å². The summed E-state index contributed by atoms with van der Waals surface area (Å²) in [5.41, 5.74) is 2.35. The zero-order valence-electron chi connectivity index (χ0n) is 10.7. The topological polar surface area (TPSA) is 16.1 Å². The molecule has 0 fully saturated rings. The number of anilines is 1. The lowest BCUT2D eigenvalue weighted by molar-refractivity contribution is 0.668. The minimum absolute atomic E-state index is 0.584. The first-order valence-electron chi connectivity index (χ1n) is 5.88. The fourth-order valence-corrected chi connectivity index (χ4v) is 2.39. The van der Waals surface area contributed by atoms with Crippen LogP contribution in [0.1, 0.15) is 26.0 Å². The van der Waals surface area contributed by atoms with Crippen LogP contribution in [0.4, 0.5) is 5.69 Å². The predicted octanol–water partition coefficient (Wildman–Crippen LogP) is 3.36. The van der Waals surface area contributed by atoms with Gasteiger partial charge in [-0.05, 0) is 43.9 Å². The molecule has 0 saturated heterocycles. The lowest BCUT2D eigenvalue weighted by Crippen LogP contribution is -2.29. The van der Waals surface area contributed by atoms with Crippen molar-refractivity contribution in [2.24, 2.45) is 0 Å². The Balaban J connectivity index is 2.52. The molecular weight excluding hydrogens is 216 g/mol. The van der Waals surface area contributed by atoms with Gasteiger partial charge >= 0.3 is 0 Å². The second-order valence-corrected chi connectivity index (χ2v) is 5.49. The van der Waals surface area contributed by atoms with Gasteiger partial charge in [-0.3, -0.25) is 4.98 Å². The zero-order chi connectivity index (χ0) is 12.0. The van der Waals surface area contributed by atoms with E-state index in [1.807, 2.05) is 24.9 Å². The van der Waals surface area contributed by atoms with Crippen LogP contribution >= 0.6 is 11.8 Å². The number of aromatic nitrogens is 1. The van der Waals surface area contributed by atoms with Crippen LogP contribution in [0.5, 0.6) is 0 Å². The molecule has 0 aromatic carbocycles. The summed E-state index contributed by atoms with van der Waals surface area (Å²) < 4.78 is 0. The van der Waals surface area contributed by atoms with Gasteiger partial charge in [0.1, 0.15) is 0 Å². The van der Waals surface area contributed by atoms with E-state index in [-0.39, 0.29) is 0 Å². The summed E-state index contributed by atoms with van der Waals surface area (Å²) in [5, 5.41) is 0. The van der Waals surface area contributed by atoms with E-state index in [1.54, 1.807) is 0 Å². The predicted molar refractivity (Wildman–Crippen MR) is 74.5 cm³/mol. The van der Waals surface area contributed by atoms with Gasteiger partial charge in [-0.1, -0.05) is 6.92 Å². The minimum atomic E-state index is 0.584. The highest BCUT2D eigenvalue weighted by atomic mass is 32.2. The molecule has 1 rings (SSSR count). The highest BCUT2D eigenvalue weighted by Crippen LogP contribution is 2.17. The number of hydrogen-bond donors (Lipinski definition) is 0. The molecule has 1 unspecified atom stereocenters. The summed E-state index contributed by atoms with van der Waals surface area (Å²) in [6.45, 7) is 6.53. The van der Waals surface area contributed by atoms with Crippen LogP contribution in [0, 0.1) is 6.92 Å². The Labute approximate surface area is 103 Å². The molecule has 0 bridgehead atoms. The fraction of sp³-hybridized carbons (Fsp3) is 0.615. The highest BCUT2D eigenvalue weighted by molar-refractivity contribution is 7.99. The number of rotatable bonds is 6. The van der Waals surface area contributed by atoms with Crippen molar-refractivity contribution in [3.63, 3.8) is 0 Å². The second-order valence-electron chi connectivity index (χ2n) is 4.10. The third-order valence-corrected chi connectivity index (χ3v) is 3.77. The van der Waals surface area contributed by atoms with Gasteiger partial charge in [0.2, 0.25) is 0 Å². The fourth-order valence-electron chi connectivity index (χ4n) is 1.60. The van der Waals surface area contributed by atoms with Gasteiger partial charge in [0.15, 0.2) is 0 Å². The summed E-state index contributed by atoms with van der Waals surface area (Å²) in [4.78, 5) is 6.56. The Hall–Kier alpha value is -0.700. The van der Waals surface area contributed by atoms with Gasteiger partial charge in [-0.25, -0.2) is 0 Å². The zero-order valence-corrected chi connectivity index (χ0v) is 11.5. The SMILES string of the molecule is CCSCCC(C)N(C)c1ccnc(C)c1. The molecule has 2 nitrogen and oxygen atoms in total.